The highest BCUT2D eigenvalue weighted by Gasteiger charge is 2.28. The van der Waals surface area contributed by atoms with Crippen molar-refractivity contribution < 1.29 is 31.1 Å². The number of hydrogen-bond donors (Lipinski definition) is 1. The number of benzene rings is 2. The molecule has 1 saturated heterocycles. The molecule has 0 aliphatic carbocycles. The Kier molecular flexibility index (Phi) is 7.22. The van der Waals surface area contributed by atoms with Gasteiger partial charge in [-0.3, -0.25) is 4.79 Å². The molecule has 31 heavy (non-hydrogen) atoms. The molecule has 0 spiro atoms. The van der Waals surface area contributed by atoms with E-state index in [9.17, 15) is 26.4 Å². The van der Waals surface area contributed by atoms with Crippen LogP contribution in [0.15, 0.2) is 53.4 Å². The number of aryl methyl sites for hydroxylation is 1. The molecule has 1 aliphatic rings. The number of sulfonamides is 1. The average molecular weight is 456 g/mol. The molecule has 1 amide bonds. The molecule has 2 aromatic rings. The molecule has 1 fully saturated rings. The van der Waals surface area contributed by atoms with Gasteiger partial charge in [0, 0.05) is 25.2 Å². The van der Waals surface area contributed by atoms with Gasteiger partial charge in [-0.15, -0.1) is 0 Å². The van der Waals surface area contributed by atoms with Crippen LogP contribution in [-0.2, 0) is 21.2 Å². The molecular weight excluding hydrogens is 433 g/mol. The Balaban J connectivity index is 1.48. The number of carbonyl (C=O) groups excluding carboxylic acids is 1. The first-order valence-electron chi connectivity index (χ1n) is 9.82. The minimum atomic E-state index is -4.41. The third-order valence-corrected chi connectivity index (χ3v) is 6.72. The molecule has 0 radical (unpaired) electrons. The second-order valence-electron chi connectivity index (χ2n) is 7.23. The first-order valence-corrected chi connectivity index (χ1v) is 11.3. The number of anilines is 1. The zero-order valence-electron chi connectivity index (χ0n) is 16.7. The van der Waals surface area contributed by atoms with E-state index < -0.39 is 22.8 Å². The third kappa shape index (κ3) is 6.70. The highest BCUT2D eigenvalue weighted by atomic mass is 32.2. The standard InChI is InChI=1S/C21H23F3N2O4S/c22-21(23,24)15-30-18-8-6-17(7-9-18)25-20(27)12-5-16-3-10-19(11-4-16)31(28,29)26-13-1-2-14-26/h3-4,6-11H,1-2,5,12-15H2,(H,25,27). The predicted octanol–water partition coefficient (Wildman–Crippen LogP) is 3.98. The lowest BCUT2D eigenvalue weighted by Gasteiger charge is -2.15. The number of rotatable bonds is 8. The van der Waals surface area contributed by atoms with Crippen LogP contribution in [0.5, 0.6) is 5.75 Å². The molecule has 0 unspecified atom stereocenters. The van der Waals surface area contributed by atoms with E-state index in [1.807, 2.05) is 0 Å². The number of ether oxygens (including phenoxy) is 1. The Hall–Kier alpha value is -2.59. The van der Waals surface area contributed by atoms with Crippen molar-refractivity contribution in [1.29, 1.82) is 0 Å². The number of hydrogen-bond acceptors (Lipinski definition) is 4. The van der Waals surface area contributed by atoms with Crippen molar-refractivity contribution in [2.24, 2.45) is 0 Å². The highest BCUT2D eigenvalue weighted by molar-refractivity contribution is 7.89. The van der Waals surface area contributed by atoms with Gasteiger partial charge in [-0.25, -0.2) is 8.42 Å². The molecule has 0 aromatic heterocycles. The molecule has 0 atom stereocenters. The summed E-state index contributed by atoms with van der Waals surface area (Å²) >= 11 is 0. The molecule has 1 aliphatic heterocycles. The SMILES string of the molecule is O=C(CCc1ccc(S(=O)(=O)N2CCCC2)cc1)Nc1ccc(OCC(F)(F)F)cc1. The quantitative estimate of drug-likeness (QED) is 0.652. The van der Waals surface area contributed by atoms with Crippen molar-refractivity contribution in [3.05, 3.63) is 54.1 Å². The first kappa shape index (κ1) is 23.1. The van der Waals surface area contributed by atoms with Gasteiger partial charge in [-0.05, 0) is 61.2 Å². The summed E-state index contributed by atoms with van der Waals surface area (Å²) in [5.74, 6) is -0.211. The lowest BCUT2D eigenvalue weighted by molar-refractivity contribution is -0.153. The van der Waals surface area contributed by atoms with Crippen molar-refractivity contribution in [2.45, 2.75) is 36.8 Å². The van der Waals surface area contributed by atoms with Crippen molar-refractivity contribution >= 4 is 21.6 Å². The Labute approximate surface area is 179 Å². The number of alkyl halides is 3. The smallest absolute Gasteiger partial charge is 0.422 e. The molecule has 168 valence electrons. The average Bonchev–Trinajstić information content (AvgIpc) is 3.27. The summed E-state index contributed by atoms with van der Waals surface area (Å²) in [5, 5.41) is 2.67. The molecule has 10 heteroatoms. The monoisotopic (exact) mass is 456 g/mol. The largest absolute Gasteiger partial charge is 0.484 e. The lowest BCUT2D eigenvalue weighted by Crippen LogP contribution is -2.27. The highest BCUT2D eigenvalue weighted by Crippen LogP contribution is 2.22. The van der Waals surface area contributed by atoms with Gasteiger partial charge >= 0.3 is 6.18 Å². The number of carbonyl (C=O) groups is 1. The van der Waals surface area contributed by atoms with Gasteiger partial charge in [0.2, 0.25) is 15.9 Å². The van der Waals surface area contributed by atoms with Gasteiger partial charge in [-0.2, -0.15) is 17.5 Å². The minimum Gasteiger partial charge on any atom is -0.484 e. The van der Waals surface area contributed by atoms with Gasteiger partial charge in [-0.1, -0.05) is 12.1 Å². The number of nitrogens with zero attached hydrogens (tertiary/aromatic N) is 1. The Morgan fingerprint density at radius 1 is 1.00 bits per heavy atom. The maximum absolute atomic E-state index is 12.5. The maximum atomic E-state index is 12.5. The summed E-state index contributed by atoms with van der Waals surface area (Å²) in [5.41, 5.74) is 1.27. The fourth-order valence-electron chi connectivity index (χ4n) is 3.19. The third-order valence-electron chi connectivity index (χ3n) is 4.81. The van der Waals surface area contributed by atoms with E-state index >= 15 is 0 Å². The van der Waals surface area contributed by atoms with Gasteiger partial charge in [0.15, 0.2) is 6.61 Å². The van der Waals surface area contributed by atoms with Crippen LogP contribution >= 0.6 is 0 Å². The zero-order valence-corrected chi connectivity index (χ0v) is 17.5. The predicted molar refractivity (Wildman–Crippen MR) is 109 cm³/mol. The van der Waals surface area contributed by atoms with E-state index in [2.05, 4.69) is 10.1 Å². The van der Waals surface area contributed by atoms with Crippen LogP contribution in [0.3, 0.4) is 0 Å². The van der Waals surface area contributed by atoms with E-state index in [1.54, 1.807) is 24.3 Å². The van der Waals surface area contributed by atoms with E-state index in [4.69, 9.17) is 0 Å². The van der Waals surface area contributed by atoms with Gasteiger partial charge < -0.3 is 10.1 Å². The van der Waals surface area contributed by atoms with E-state index in [0.717, 1.165) is 18.4 Å². The fourth-order valence-corrected chi connectivity index (χ4v) is 4.70. The van der Waals surface area contributed by atoms with E-state index in [0.29, 0.717) is 25.2 Å². The van der Waals surface area contributed by atoms with Gasteiger partial charge in [0.1, 0.15) is 5.75 Å². The number of amides is 1. The van der Waals surface area contributed by atoms with Gasteiger partial charge in [0.25, 0.3) is 0 Å². The van der Waals surface area contributed by atoms with Crippen LogP contribution in [0.25, 0.3) is 0 Å². The number of nitrogens with one attached hydrogen (secondary N) is 1. The van der Waals surface area contributed by atoms with Crippen LogP contribution in [0.4, 0.5) is 18.9 Å². The second-order valence-corrected chi connectivity index (χ2v) is 9.17. The normalized spacial score (nSPS) is 15.1. The zero-order chi connectivity index (χ0) is 22.5. The van der Waals surface area contributed by atoms with E-state index in [1.165, 1.54) is 28.6 Å². The molecule has 1 N–H and O–H groups in total. The summed E-state index contributed by atoms with van der Waals surface area (Å²) in [6, 6.07) is 12.1. The minimum absolute atomic E-state index is 0.0549. The van der Waals surface area contributed by atoms with Crippen LogP contribution in [0.1, 0.15) is 24.8 Å². The molecule has 6 nitrogen and oxygen atoms in total. The topological polar surface area (TPSA) is 75.7 Å². The Morgan fingerprint density at radius 2 is 1.61 bits per heavy atom. The van der Waals surface area contributed by atoms with Crippen LogP contribution in [-0.4, -0.2) is 44.5 Å². The molecular formula is C21H23F3N2O4S. The molecule has 0 saturated carbocycles. The van der Waals surface area contributed by atoms with Crippen molar-refractivity contribution in [3.8, 4) is 5.75 Å². The summed E-state index contributed by atoms with van der Waals surface area (Å²) in [6.07, 6.45) is -2.08. The number of halogens is 3. The van der Waals surface area contributed by atoms with Crippen LogP contribution < -0.4 is 10.1 Å². The maximum Gasteiger partial charge on any atom is 0.422 e. The molecule has 2 aromatic carbocycles. The summed E-state index contributed by atoms with van der Waals surface area (Å²) in [6.45, 7) is -0.295. The Bertz CT molecular complexity index is 985. The fraction of sp³-hybridized carbons (Fsp3) is 0.381. The second kappa shape index (κ2) is 9.69. The molecule has 0 bridgehead atoms. The van der Waals surface area contributed by atoms with Gasteiger partial charge in [0.05, 0.1) is 4.90 Å². The van der Waals surface area contributed by atoms with Crippen molar-refractivity contribution in [2.75, 3.05) is 25.0 Å². The summed E-state index contributed by atoms with van der Waals surface area (Å²) < 4.78 is 67.6. The first-order chi connectivity index (χ1) is 14.6. The Morgan fingerprint density at radius 3 is 2.19 bits per heavy atom. The van der Waals surface area contributed by atoms with Crippen molar-refractivity contribution in [1.82, 2.24) is 4.31 Å². The van der Waals surface area contributed by atoms with Crippen LogP contribution in [0.2, 0.25) is 0 Å². The lowest BCUT2D eigenvalue weighted by atomic mass is 10.1. The summed E-state index contributed by atoms with van der Waals surface area (Å²) in [7, 11) is -3.46. The summed E-state index contributed by atoms with van der Waals surface area (Å²) in [4.78, 5) is 12.4. The molecule has 1 heterocycles. The van der Waals surface area contributed by atoms with Crippen molar-refractivity contribution in [3.63, 3.8) is 0 Å². The van der Waals surface area contributed by atoms with E-state index in [-0.39, 0.29) is 23.0 Å². The van der Waals surface area contributed by atoms with Crippen LogP contribution in [0, 0.1) is 0 Å². The molecule has 3 rings (SSSR count).